The topological polar surface area (TPSA) is 35.5 Å². The van der Waals surface area contributed by atoms with Crippen molar-refractivity contribution in [1.82, 2.24) is 0 Å². The fourth-order valence-corrected chi connectivity index (χ4v) is 4.86. The van der Waals surface area contributed by atoms with Gasteiger partial charge in [0, 0.05) is 5.56 Å². The van der Waals surface area contributed by atoms with Crippen LogP contribution in [0, 0.1) is 5.92 Å². The van der Waals surface area contributed by atoms with Crippen molar-refractivity contribution in [2.75, 3.05) is 27.4 Å². The third-order valence-corrected chi connectivity index (χ3v) is 6.77. The molecule has 1 unspecified atom stereocenters. The molecule has 4 heteroatoms. The Morgan fingerprint density at radius 3 is 2.08 bits per heavy atom. The number of benzene rings is 2. The van der Waals surface area contributed by atoms with Crippen molar-refractivity contribution in [2.45, 2.75) is 91.0 Å². The maximum absolute atomic E-state index is 12.5. The Morgan fingerprint density at radius 2 is 1.42 bits per heavy atom. The van der Waals surface area contributed by atoms with Crippen LogP contribution in [0.3, 0.4) is 0 Å². The second-order valence-electron chi connectivity index (χ2n) is 11.0. The van der Waals surface area contributed by atoms with Crippen molar-refractivity contribution in [3.63, 3.8) is 0 Å². The summed E-state index contributed by atoms with van der Waals surface area (Å²) in [4.78, 5) is 12.5. The third-order valence-electron chi connectivity index (χ3n) is 6.77. The Labute approximate surface area is 220 Å². The van der Waals surface area contributed by atoms with E-state index in [2.05, 4.69) is 57.4 Å². The molecule has 0 aliphatic rings. The lowest BCUT2D eigenvalue weighted by atomic mass is 10.0. The zero-order chi connectivity index (χ0) is 26.1. The number of quaternary nitrogens is 1. The summed E-state index contributed by atoms with van der Waals surface area (Å²) in [6.45, 7) is 5.74. The van der Waals surface area contributed by atoms with Gasteiger partial charge < -0.3 is 14.0 Å². The predicted octanol–water partition coefficient (Wildman–Crippen LogP) is 7.94. The van der Waals surface area contributed by atoms with Crippen molar-refractivity contribution in [2.24, 2.45) is 5.92 Å². The number of unbranched alkanes of at least 4 members (excludes halogenated alkanes) is 9. The molecule has 0 fully saturated rings. The minimum Gasteiger partial charge on any atom is -0.457 e. The first-order chi connectivity index (χ1) is 17.4. The first kappa shape index (κ1) is 29.9. The Kier molecular flexibility index (Phi) is 14.3. The predicted molar refractivity (Wildman–Crippen MR) is 150 cm³/mol. The van der Waals surface area contributed by atoms with Gasteiger partial charge in [-0.1, -0.05) is 107 Å². The van der Waals surface area contributed by atoms with Crippen LogP contribution in [-0.2, 0) is 22.5 Å². The minimum absolute atomic E-state index is 0.0446. The molecule has 0 aliphatic carbocycles. The van der Waals surface area contributed by atoms with Gasteiger partial charge >= 0.3 is 5.97 Å². The van der Waals surface area contributed by atoms with Crippen molar-refractivity contribution in [1.29, 1.82) is 0 Å². The lowest BCUT2D eigenvalue weighted by molar-refractivity contribution is -0.905. The number of nitrogens with zero attached hydrogens (tertiary/aromatic N) is 1. The molecule has 2 aromatic rings. The van der Waals surface area contributed by atoms with Crippen LogP contribution in [0.5, 0.6) is 5.75 Å². The Balaban J connectivity index is 1.61. The van der Waals surface area contributed by atoms with E-state index in [9.17, 15) is 4.79 Å². The highest BCUT2D eigenvalue weighted by atomic mass is 16.7. The van der Waals surface area contributed by atoms with Crippen LogP contribution >= 0.6 is 0 Å². The monoisotopic (exact) mass is 496 g/mol. The minimum atomic E-state index is -0.212. The zero-order valence-corrected chi connectivity index (χ0v) is 23.3. The summed E-state index contributed by atoms with van der Waals surface area (Å²) in [7, 11) is 4.29. The normalized spacial score (nSPS) is 12.3. The Morgan fingerprint density at radius 1 is 0.806 bits per heavy atom. The summed E-state index contributed by atoms with van der Waals surface area (Å²) < 4.78 is 11.9. The van der Waals surface area contributed by atoms with Gasteiger partial charge in [-0.25, -0.2) is 0 Å². The molecule has 0 heterocycles. The maximum Gasteiger partial charge on any atom is 0.317 e. The van der Waals surface area contributed by atoms with E-state index in [1.54, 1.807) is 0 Å². The molecule has 200 valence electrons. The first-order valence-corrected chi connectivity index (χ1v) is 14.1. The van der Waals surface area contributed by atoms with Gasteiger partial charge in [0.25, 0.3) is 0 Å². The molecule has 0 bridgehead atoms. The van der Waals surface area contributed by atoms with Gasteiger partial charge in [0.15, 0.2) is 0 Å². The Hall–Kier alpha value is -2.33. The first-order valence-electron chi connectivity index (χ1n) is 14.1. The molecule has 0 radical (unpaired) electrons. The molecule has 0 saturated heterocycles. The van der Waals surface area contributed by atoms with Crippen LogP contribution in [0.25, 0.3) is 0 Å². The highest BCUT2D eigenvalue weighted by Gasteiger charge is 2.25. The maximum atomic E-state index is 12.5. The van der Waals surface area contributed by atoms with Crippen LogP contribution in [0.4, 0.5) is 0 Å². The van der Waals surface area contributed by atoms with E-state index < -0.39 is 0 Å². The lowest BCUT2D eigenvalue weighted by Gasteiger charge is -2.31. The molecule has 0 aromatic heterocycles. The average molecular weight is 497 g/mol. The fraction of sp³-hybridized carbons (Fsp3) is 0.594. The molecule has 0 N–H and O–H groups in total. The molecule has 1 atom stereocenters. The van der Waals surface area contributed by atoms with Crippen LogP contribution in [-0.4, -0.2) is 37.9 Å². The summed E-state index contributed by atoms with van der Waals surface area (Å²) in [6, 6.07) is 18.6. The number of rotatable bonds is 19. The van der Waals surface area contributed by atoms with E-state index in [4.69, 9.17) is 9.47 Å². The second kappa shape index (κ2) is 17.2. The molecular weight excluding hydrogens is 446 g/mol. The third kappa shape index (κ3) is 13.1. The number of hydrogen-bond acceptors (Lipinski definition) is 3. The summed E-state index contributed by atoms with van der Waals surface area (Å²) in [5.74, 6) is 0.353. The van der Waals surface area contributed by atoms with Crippen molar-refractivity contribution in [3.05, 3.63) is 65.7 Å². The second-order valence-corrected chi connectivity index (χ2v) is 11.0. The van der Waals surface area contributed by atoms with Gasteiger partial charge in [0.1, 0.15) is 18.2 Å². The van der Waals surface area contributed by atoms with Crippen LogP contribution in [0.2, 0.25) is 0 Å². The lowest BCUT2D eigenvalue weighted by Crippen LogP contribution is -2.44. The van der Waals surface area contributed by atoms with Crippen LogP contribution in [0.15, 0.2) is 54.6 Å². The zero-order valence-electron chi connectivity index (χ0n) is 23.3. The quantitative estimate of drug-likeness (QED) is 0.0857. The molecular formula is C32H50NO3+. The van der Waals surface area contributed by atoms with E-state index in [0.29, 0.717) is 6.54 Å². The van der Waals surface area contributed by atoms with E-state index >= 15 is 0 Å². The van der Waals surface area contributed by atoms with Crippen LogP contribution < -0.4 is 4.74 Å². The van der Waals surface area contributed by atoms with Gasteiger partial charge in [-0.05, 0) is 37.5 Å². The Bertz CT molecular complexity index is 849. The summed E-state index contributed by atoms with van der Waals surface area (Å²) in [6.07, 6.45) is 14.6. The molecule has 36 heavy (non-hydrogen) atoms. The fourth-order valence-electron chi connectivity index (χ4n) is 4.86. The van der Waals surface area contributed by atoms with Gasteiger partial charge in [-0.3, -0.25) is 4.79 Å². The van der Waals surface area contributed by atoms with Gasteiger partial charge in [-0.15, -0.1) is 0 Å². The SMILES string of the molecule is CCCCCCCCCCCCc1cccc(OCOC(=O)C(C)C[N+](C)(C)Cc2ccccc2)c1. The molecule has 0 saturated carbocycles. The van der Waals surface area contributed by atoms with Crippen molar-refractivity contribution >= 4 is 5.97 Å². The number of aryl methyl sites for hydroxylation is 1. The average Bonchev–Trinajstić information content (AvgIpc) is 2.85. The van der Waals surface area contributed by atoms with Gasteiger partial charge in [0.05, 0.1) is 20.6 Å². The summed E-state index contributed by atoms with van der Waals surface area (Å²) in [5, 5.41) is 0. The van der Waals surface area contributed by atoms with Crippen molar-refractivity contribution in [3.8, 4) is 5.75 Å². The summed E-state index contributed by atoms with van der Waals surface area (Å²) >= 11 is 0. The standard InChI is InChI=1S/C32H50NO3/c1-5-6-7-8-9-10-11-12-13-15-19-29-22-18-23-31(24-29)35-27-36-32(34)28(2)25-33(3,4)26-30-20-16-14-17-21-30/h14,16-18,20-24,28H,5-13,15,19,25-27H2,1-4H3/q+1. The molecule has 0 amide bonds. The molecule has 2 rings (SSSR count). The number of hydrogen-bond donors (Lipinski definition) is 0. The molecule has 0 spiro atoms. The number of esters is 1. The van der Waals surface area contributed by atoms with E-state index in [1.165, 1.54) is 75.3 Å². The number of carbonyl (C=O) groups is 1. The van der Waals surface area contributed by atoms with Gasteiger partial charge in [0.2, 0.25) is 6.79 Å². The molecule has 0 aliphatic heterocycles. The van der Waals surface area contributed by atoms with E-state index in [0.717, 1.165) is 23.2 Å². The van der Waals surface area contributed by atoms with E-state index in [1.807, 2.05) is 25.1 Å². The van der Waals surface area contributed by atoms with Gasteiger partial charge in [-0.2, -0.15) is 0 Å². The number of carbonyl (C=O) groups excluding carboxylic acids is 1. The smallest absolute Gasteiger partial charge is 0.317 e. The number of ether oxygens (including phenoxy) is 2. The highest BCUT2D eigenvalue weighted by Crippen LogP contribution is 2.18. The molecule has 2 aromatic carbocycles. The molecule has 4 nitrogen and oxygen atoms in total. The highest BCUT2D eigenvalue weighted by molar-refractivity contribution is 5.72. The van der Waals surface area contributed by atoms with Crippen molar-refractivity contribution < 1.29 is 18.8 Å². The largest absolute Gasteiger partial charge is 0.457 e. The van der Waals surface area contributed by atoms with E-state index in [-0.39, 0.29) is 18.7 Å². The summed E-state index contributed by atoms with van der Waals surface area (Å²) in [5.41, 5.74) is 2.55. The van der Waals surface area contributed by atoms with Crippen LogP contribution in [0.1, 0.15) is 89.2 Å².